The molecule has 1 aromatic rings. The summed E-state index contributed by atoms with van der Waals surface area (Å²) in [7, 11) is 1.40. The molecule has 0 saturated heterocycles. The van der Waals surface area contributed by atoms with Crippen LogP contribution in [0.4, 0.5) is 5.69 Å². The molecule has 0 aliphatic rings. The second kappa shape index (κ2) is 4.78. The molecule has 1 N–H and O–H groups in total. The van der Waals surface area contributed by atoms with E-state index in [1.54, 1.807) is 0 Å². The van der Waals surface area contributed by atoms with Crippen molar-refractivity contribution in [3.63, 3.8) is 0 Å². The first-order chi connectivity index (χ1) is 7.77. The number of anilines is 1. The SMILES string of the molecule is COC(=O)C(C)(C)Nc1c(C)cc(C)cc1C. The minimum absolute atomic E-state index is 0.267. The topological polar surface area (TPSA) is 38.3 Å². The lowest BCUT2D eigenvalue weighted by molar-refractivity contribution is -0.144. The highest BCUT2D eigenvalue weighted by molar-refractivity contribution is 5.84. The maximum absolute atomic E-state index is 11.6. The van der Waals surface area contributed by atoms with Gasteiger partial charge in [0.25, 0.3) is 0 Å². The highest BCUT2D eigenvalue weighted by Crippen LogP contribution is 2.25. The van der Waals surface area contributed by atoms with Gasteiger partial charge in [-0.2, -0.15) is 0 Å². The van der Waals surface area contributed by atoms with E-state index in [1.807, 2.05) is 27.7 Å². The third-order valence-electron chi connectivity index (χ3n) is 2.81. The molecule has 0 aromatic heterocycles. The van der Waals surface area contributed by atoms with E-state index in [2.05, 4.69) is 24.4 Å². The Morgan fingerprint density at radius 2 is 1.65 bits per heavy atom. The molecule has 1 rings (SSSR count). The molecule has 0 fully saturated rings. The van der Waals surface area contributed by atoms with Crippen LogP contribution >= 0.6 is 0 Å². The van der Waals surface area contributed by atoms with Crippen molar-refractivity contribution in [3.8, 4) is 0 Å². The quantitative estimate of drug-likeness (QED) is 0.818. The smallest absolute Gasteiger partial charge is 0.330 e. The summed E-state index contributed by atoms with van der Waals surface area (Å²) in [5.41, 5.74) is 3.78. The zero-order valence-electron chi connectivity index (χ0n) is 11.5. The van der Waals surface area contributed by atoms with Gasteiger partial charge in [0, 0.05) is 5.69 Å². The van der Waals surface area contributed by atoms with Crippen LogP contribution in [-0.2, 0) is 9.53 Å². The van der Waals surface area contributed by atoms with E-state index >= 15 is 0 Å². The molecule has 0 amide bonds. The average molecular weight is 235 g/mol. The summed E-state index contributed by atoms with van der Waals surface area (Å²) in [4.78, 5) is 11.6. The minimum Gasteiger partial charge on any atom is -0.467 e. The average Bonchev–Trinajstić information content (AvgIpc) is 2.22. The van der Waals surface area contributed by atoms with Gasteiger partial charge in [0.15, 0.2) is 0 Å². The summed E-state index contributed by atoms with van der Waals surface area (Å²) in [6, 6.07) is 4.20. The summed E-state index contributed by atoms with van der Waals surface area (Å²) in [6.07, 6.45) is 0. The van der Waals surface area contributed by atoms with Crippen LogP contribution in [0.5, 0.6) is 0 Å². The molecule has 94 valence electrons. The fourth-order valence-corrected chi connectivity index (χ4v) is 2.00. The molecule has 0 aliphatic heterocycles. The summed E-state index contributed by atoms with van der Waals surface area (Å²) < 4.78 is 4.79. The van der Waals surface area contributed by atoms with Gasteiger partial charge in [0.2, 0.25) is 0 Å². The van der Waals surface area contributed by atoms with Crippen LogP contribution in [0.2, 0.25) is 0 Å². The number of nitrogens with one attached hydrogen (secondary N) is 1. The number of carbonyl (C=O) groups excluding carboxylic acids is 1. The van der Waals surface area contributed by atoms with E-state index in [9.17, 15) is 4.79 Å². The summed E-state index contributed by atoms with van der Waals surface area (Å²) in [5.74, 6) is -0.267. The lowest BCUT2D eigenvalue weighted by Crippen LogP contribution is -2.41. The minimum atomic E-state index is -0.723. The van der Waals surface area contributed by atoms with Crippen molar-refractivity contribution in [2.24, 2.45) is 0 Å². The van der Waals surface area contributed by atoms with Gasteiger partial charge in [-0.15, -0.1) is 0 Å². The van der Waals surface area contributed by atoms with E-state index in [1.165, 1.54) is 12.7 Å². The third kappa shape index (κ3) is 2.99. The Morgan fingerprint density at radius 3 is 2.06 bits per heavy atom. The summed E-state index contributed by atoms with van der Waals surface area (Å²) >= 11 is 0. The Hall–Kier alpha value is -1.51. The number of benzene rings is 1. The number of hydrogen-bond donors (Lipinski definition) is 1. The zero-order chi connectivity index (χ0) is 13.2. The van der Waals surface area contributed by atoms with Gasteiger partial charge in [0.05, 0.1) is 7.11 Å². The Balaban J connectivity index is 3.07. The van der Waals surface area contributed by atoms with Gasteiger partial charge in [-0.05, 0) is 45.7 Å². The molecule has 0 atom stereocenters. The normalized spacial score (nSPS) is 11.2. The first-order valence-corrected chi connectivity index (χ1v) is 5.72. The lowest BCUT2D eigenvalue weighted by Gasteiger charge is -2.26. The predicted octanol–water partition coefficient (Wildman–Crippen LogP) is 2.98. The van der Waals surface area contributed by atoms with Crippen LogP contribution < -0.4 is 5.32 Å². The molecule has 3 nitrogen and oxygen atoms in total. The van der Waals surface area contributed by atoms with Gasteiger partial charge >= 0.3 is 5.97 Å². The molecule has 0 aliphatic carbocycles. The molecule has 0 bridgehead atoms. The monoisotopic (exact) mass is 235 g/mol. The van der Waals surface area contributed by atoms with Crippen molar-refractivity contribution in [1.82, 2.24) is 0 Å². The van der Waals surface area contributed by atoms with E-state index in [-0.39, 0.29) is 5.97 Å². The molecular weight excluding hydrogens is 214 g/mol. The lowest BCUT2D eigenvalue weighted by atomic mass is 10.0. The van der Waals surface area contributed by atoms with Gasteiger partial charge in [-0.1, -0.05) is 17.7 Å². The van der Waals surface area contributed by atoms with Gasteiger partial charge in [-0.3, -0.25) is 0 Å². The molecular formula is C14H21NO2. The third-order valence-corrected chi connectivity index (χ3v) is 2.81. The first kappa shape index (κ1) is 13.6. The number of esters is 1. The standard InChI is InChI=1S/C14H21NO2/c1-9-7-10(2)12(11(3)8-9)15-14(4,5)13(16)17-6/h7-8,15H,1-6H3. The zero-order valence-corrected chi connectivity index (χ0v) is 11.5. The number of carbonyl (C=O) groups is 1. The van der Waals surface area contributed by atoms with Crippen molar-refractivity contribution in [1.29, 1.82) is 0 Å². The van der Waals surface area contributed by atoms with E-state index in [0.717, 1.165) is 16.8 Å². The Labute approximate surface area is 103 Å². The fraction of sp³-hybridized carbons (Fsp3) is 0.500. The fourth-order valence-electron chi connectivity index (χ4n) is 2.00. The van der Waals surface area contributed by atoms with Crippen molar-refractivity contribution in [2.45, 2.75) is 40.2 Å². The van der Waals surface area contributed by atoms with Crippen LogP contribution in [0.25, 0.3) is 0 Å². The second-order valence-corrected chi connectivity index (χ2v) is 5.02. The van der Waals surface area contributed by atoms with Crippen LogP contribution in [0.1, 0.15) is 30.5 Å². The molecule has 0 unspecified atom stereocenters. The molecule has 0 radical (unpaired) electrons. The van der Waals surface area contributed by atoms with Crippen molar-refractivity contribution in [3.05, 3.63) is 28.8 Å². The van der Waals surface area contributed by atoms with Crippen molar-refractivity contribution in [2.75, 3.05) is 12.4 Å². The molecule has 0 spiro atoms. The first-order valence-electron chi connectivity index (χ1n) is 5.72. The predicted molar refractivity (Wildman–Crippen MR) is 70.4 cm³/mol. The van der Waals surface area contributed by atoms with Crippen LogP contribution in [0.3, 0.4) is 0 Å². The highest BCUT2D eigenvalue weighted by Gasteiger charge is 2.29. The Morgan fingerprint density at radius 1 is 1.18 bits per heavy atom. The number of aryl methyl sites for hydroxylation is 3. The van der Waals surface area contributed by atoms with E-state index < -0.39 is 5.54 Å². The van der Waals surface area contributed by atoms with Crippen LogP contribution in [0, 0.1) is 20.8 Å². The summed E-state index contributed by atoms with van der Waals surface area (Å²) in [6.45, 7) is 9.77. The van der Waals surface area contributed by atoms with Crippen LogP contribution in [-0.4, -0.2) is 18.6 Å². The highest BCUT2D eigenvalue weighted by atomic mass is 16.5. The van der Waals surface area contributed by atoms with Gasteiger partial charge < -0.3 is 10.1 Å². The molecule has 3 heteroatoms. The Bertz CT molecular complexity index is 413. The number of methoxy groups -OCH3 is 1. The maximum atomic E-state index is 11.6. The second-order valence-electron chi connectivity index (χ2n) is 5.02. The summed E-state index contributed by atoms with van der Waals surface area (Å²) in [5, 5.41) is 3.26. The van der Waals surface area contributed by atoms with Crippen LogP contribution in [0.15, 0.2) is 12.1 Å². The molecule has 0 saturated carbocycles. The van der Waals surface area contributed by atoms with Crippen molar-refractivity contribution < 1.29 is 9.53 Å². The van der Waals surface area contributed by atoms with E-state index in [0.29, 0.717) is 0 Å². The molecule has 1 aromatic carbocycles. The number of hydrogen-bond acceptors (Lipinski definition) is 3. The van der Waals surface area contributed by atoms with Gasteiger partial charge in [-0.25, -0.2) is 4.79 Å². The maximum Gasteiger partial charge on any atom is 0.330 e. The molecule has 17 heavy (non-hydrogen) atoms. The van der Waals surface area contributed by atoms with Gasteiger partial charge in [0.1, 0.15) is 5.54 Å². The number of ether oxygens (including phenoxy) is 1. The Kier molecular flexibility index (Phi) is 3.81. The number of rotatable bonds is 3. The van der Waals surface area contributed by atoms with Crippen molar-refractivity contribution >= 4 is 11.7 Å². The molecule has 0 heterocycles. The van der Waals surface area contributed by atoms with E-state index in [4.69, 9.17) is 4.74 Å². The largest absolute Gasteiger partial charge is 0.467 e.